The molecule has 1 aliphatic carbocycles. The first-order valence-corrected chi connectivity index (χ1v) is 6.32. The zero-order chi connectivity index (χ0) is 8.97. The van der Waals surface area contributed by atoms with Gasteiger partial charge in [0.1, 0.15) is 0 Å². The van der Waals surface area contributed by atoms with Crippen molar-refractivity contribution in [3.05, 3.63) is 0 Å². The lowest BCUT2D eigenvalue weighted by atomic mass is 9.93. The molecule has 2 heteroatoms. The summed E-state index contributed by atoms with van der Waals surface area (Å²) < 4.78 is 0. The molecule has 3 unspecified atom stereocenters. The van der Waals surface area contributed by atoms with Crippen LogP contribution in [0, 0.1) is 11.8 Å². The van der Waals surface area contributed by atoms with Gasteiger partial charge < -0.3 is 5.11 Å². The quantitative estimate of drug-likeness (QED) is 0.684. The van der Waals surface area contributed by atoms with Crippen molar-refractivity contribution >= 4 is 11.8 Å². The van der Waals surface area contributed by atoms with Gasteiger partial charge in [0.05, 0.1) is 6.10 Å². The van der Waals surface area contributed by atoms with Crippen LogP contribution in [0.15, 0.2) is 0 Å². The molecule has 1 N–H and O–H groups in total. The van der Waals surface area contributed by atoms with Gasteiger partial charge in [-0.2, -0.15) is 11.8 Å². The van der Waals surface area contributed by atoms with Crippen LogP contribution in [0.4, 0.5) is 0 Å². The molecule has 0 bridgehead atoms. The van der Waals surface area contributed by atoms with Gasteiger partial charge in [0.15, 0.2) is 0 Å². The van der Waals surface area contributed by atoms with Crippen molar-refractivity contribution in [2.75, 3.05) is 12.0 Å². The lowest BCUT2D eigenvalue weighted by molar-refractivity contribution is 0.126. The van der Waals surface area contributed by atoms with E-state index in [9.17, 15) is 5.11 Å². The Bertz CT molecular complexity index is 127. The molecule has 0 aromatic rings. The Labute approximate surface area is 79.9 Å². The fourth-order valence-electron chi connectivity index (χ4n) is 2.12. The molecular formula is C10H20OS. The molecule has 1 fully saturated rings. The third kappa shape index (κ3) is 2.67. The average molecular weight is 188 g/mol. The Morgan fingerprint density at radius 3 is 2.67 bits per heavy atom. The maximum absolute atomic E-state index is 9.52. The molecule has 0 amide bonds. The minimum Gasteiger partial charge on any atom is -0.393 e. The molecule has 72 valence electrons. The first-order chi connectivity index (χ1) is 5.75. The lowest BCUT2D eigenvalue weighted by Gasteiger charge is -2.16. The van der Waals surface area contributed by atoms with E-state index < -0.39 is 0 Å². The van der Waals surface area contributed by atoms with Crippen molar-refractivity contribution in [3.63, 3.8) is 0 Å². The summed E-state index contributed by atoms with van der Waals surface area (Å²) in [4.78, 5) is 0. The predicted octanol–water partition coefficient (Wildman–Crippen LogP) is 2.54. The zero-order valence-corrected chi connectivity index (χ0v) is 8.94. The second-order valence-corrected chi connectivity index (χ2v) is 4.88. The van der Waals surface area contributed by atoms with E-state index in [1.807, 2.05) is 11.8 Å². The number of thioether (sulfide) groups is 1. The van der Waals surface area contributed by atoms with Gasteiger partial charge >= 0.3 is 0 Å². The normalized spacial score (nSPS) is 35.8. The molecule has 0 heterocycles. The summed E-state index contributed by atoms with van der Waals surface area (Å²) in [5.74, 6) is 2.62. The van der Waals surface area contributed by atoms with Gasteiger partial charge in [-0.1, -0.05) is 6.92 Å². The van der Waals surface area contributed by atoms with Crippen molar-refractivity contribution in [1.29, 1.82) is 0 Å². The maximum atomic E-state index is 9.52. The van der Waals surface area contributed by atoms with Crippen LogP contribution in [0.3, 0.4) is 0 Å². The van der Waals surface area contributed by atoms with Gasteiger partial charge in [0.2, 0.25) is 0 Å². The molecule has 0 radical (unpaired) electrons. The molecule has 0 spiro atoms. The molecule has 0 aliphatic heterocycles. The highest BCUT2D eigenvalue weighted by Gasteiger charge is 2.30. The van der Waals surface area contributed by atoms with Crippen molar-refractivity contribution < 1.29 is 5.11 Å². The lowest BCUT2D eigenvalue weighted by Crippen LogP contribution is -2.15. The van der Waals surface area contributed by atoms with Crippen LogP contribution >= 0.6 is 11.8 Å². The number of aliphatic hydroxyl groups excluding tert-OH is 1. The van der Waals surface area contributed by atoms with E-state index in [0.717, 1.165) is 12.3 Å². The minimum atomic E-state index is -0.00993. The topological polar surface area (TPSA) is 20.2 Å². The molecule has 0 aromatic carbocycles. The number of aliphatic hydroxyl groups is 1. The summed E-state index contributed by atoms with van der Waals surface area (Å²) in [5, 5.41) is 9.52. The van der Waals surface area contributed by atoms with Crippen LogP contribution in [-0.4, -0.2) is 23.2 Å². The van der Waals surface area contributed by atoms with Crippen LogP contribution in [0.5, 0.6) is 0 Å². The van der Waals surface area contributed by atoms with Crippen LogP contribution in [0.25, 0.3) is 0 Å². The summed E-state index contributed by atoms with van der Waals surface area (Å²) in [6.07, 6.45) is 7.07. The van der Waals surface area contributed by atoms with Crippen molar-refractivity contribution in [2.24, 2.45) is 11.8 Å². The minimum absolute atomic E-state index is 0.00993. The van der Waals surface area contributed by atoms with Crippen molar-refractivity contribution in [3.8, 4) is 0 Å². The van der Waals surface area contributed by atoms with Gasteiger partial charge in [-0.25, -0.2) is 0 Å². The molecule has 1 aliphatic rings. The van der Waals surface area contributed by atoms with E-state index in [1.54, 1.807) is 0 Å². The van der Waals surface area contributed by atoms with E-state index in [4.69, 9.17) is 0 Å². The van der Waals surface area contributed by atoms with Crippen LogP contribution in [0.1, 0.15) is 32.6 Å². The van der Waals surface area contributed by atoms with E-state index in [-0.39, 0.29) is 6.10 Å². The number of hydrogen-bond acceptors (Lipinski definition) is 2. The molecule has 12 heavy (non-hydrogen) atoms. The average Bonchev–Trinajstić information content (AvgIpc) is 2.36. The first-order valence-electron chi connectivity index (χ1n) is 4.92. The summed E-state index contributed by atoms with van der Waals surface area (Å²) in [6.45, 7) is 2.20. The summed E-state index contributed by atoms with van der Waals surface area (Å²) in [7, 11) is 0. The van der Waals surface area contributed by atoms with Crippen molar-refractivity contribution in [2.45, 2.75) is 38.7 Å². The highest BCUT2D eigenvalue weighted by Crippen LogP contribution is 2.34. The summed E-state index contributed by atoms with van der Waals surface area (Å²) in [6, 6.07) is 0. The highest BCUT2D eigenvalue weighted by molar-refractivity contribution is 7.98. The fraction of sp³-hybridized carbons (Fsp3) is 1.00. The third-order valence-corrected chi connectivity index (χ3v) is 3.80. The molecule has 1 rings (SSSR count). The van der Waals surface area contributed by atoms with E-state index in [1.165, 1.54) is 25.0 Å². The van der Waals surface area contributed by atoms with Crippen LogP contribution < -0.4 is 0 Å². The smallest absolute Gasteiger partial charge is 0.0568 e. The Balaban J connectivity index is 2.16. The monoisotopic (exact) mass is 188 g/mol. The molecule has 3 atom stereocenters. The van der Waals surface area contributed by atoms with Gasteiger partial charge in [-0.15, -0.1) is 0 Å². The Morgan fingerprint density at radius 2 is 2.17 bits per heavy atom. The largest absolute Gasteiger partial charge is 0.393 e. The Morgan fingerprint density at radius 1 is 1.42 bits per heavy atom. The van der Waals surface area contributed by atoms with Crippen molar-refractivity contribution in [1.82, 2.24) is 0 Å². The predicted molar refractivity (Wildman–Crippen MR) is 55.5 cm³/mol. The SMILES string of the molecule is CSCCCC1CCC(O)C1C. The second kappa shape index (κ2) is 5.13. The van der Waals surface area contributed by atoms with E-state index in [0.29, 0.717) is 5.92 Å². The first kappa shape index (κ1) is 10.4. The van der Waals surface area contributed by atoms with E-state index >= 15 is 0 Å². The van der Waals surface area contributed by atoms with Gasteiger partial charge in [-0.05, 0) is 49.5 Å². The number of hydrogen-bond donors (Lipinski definition) is 1. The van der Waals surface area contributed by atoms with Crippen LogP contribution in [0.2, 0.25) is 0 Å². The molecular weight excluding hydrogens is 168 g/mol. The summed E-state index contributed by atoms with van der Waals surface area (Å²) >= 11 is 1.92. The molecule has 1 saturated carbocycles. The highest BCUT2D eigenvalue weighted by atomic mass is 32.2. The second-order valence-electron chi connectivity index (χ2n) is 3.90. The summed E-state index contributed by atoms with van der Waals surface area (Å²) in [5.41, 5.74) is 0. The standard InChI is InChI=1S/C10H20OS/c1-8-9(4-3-7-12-2)5-6-10(8)11/h8-11H,3-7H2,1-2H3. The van der Waals surface area contributed by atoms with Crippen LogP contribution in [-0.2, 0) is 0 Å². The molecule has 0 aromatic heterocycles. The van der Waals surface area contributed by atoms with Gasteiger partial charge in [0, 0.05) is 0 Å². The van der Waals surface area contributed by atoms with Gasteiger partial charge in [0.25, 0.3) is 0 Å². The fourth-order valence-corrected chi connectivity index (χ4v) is 2.58. The van der Waals surface area contributed by atoms with Gasteiger partial charge in [-0.3, -0.25) is 0 Å². The van der Waals surface area contributed by atoms with E-state index in [2.05, 4.69) is 13.2 Å². The Kier molecular flexibility index (Phi) is 4.44. The maximum Gasteiger partial charge on any atom is 0.0568 e. The Hall–Kier alpha value is 0.310. The molecule has 1 nitrogen and oxygen atoms in total. The zero-order valence-electron chi connectivity index (χ0n) is 8.12. The molecule has 0 saturated heterocycles. The number of rotatable bonds is 4. The third-order valence-electron chi connectivity index (χ3n) is 3.11.